The van der Waals surface area contributed by atoms with Gasteiger partial charge < -0.3 is 4.57 Å². The quantitative estimate of drug-likeness (QED) is 0.693. The number of hydrogen-bond donors (Lipinski definition) is 0. The first-order valence-corrected chi connectivity index (χ1v) is 6.77. The molecule has 2 aromatic carbocycles. The highest BCUT2D eigenvalue weighted by Crippen LogP contribution is 2.33. The van der Waals surface area contributed by atoms with Crippen LogP contribution in [-0.4, -0.2) is 4.57 Å². The molecule has 0 aliphatic rings. The zero-order valence-corrected chi connectivity index (χ0v) is 11.5. The summed E-state index contributed by atoms with van der Waals surface area (Å²) in [6.45, 7) is 0. The van der Waals surface area contributed by atoms with Crippen molar-refractivity contribution in [3.05, 3.63) is 71.9 Å². The smallest absolute Gasteiger partial charge is 0.0631 e. The van der Waals surface area contributed by atoms with E-state index in [9.17, 15) is 5.26 Å². The topological polar surface area (TPSA) is 28.7 Å². The van der Waals surface area contributed by atoms with Crippen molar-refractivity contribution in [3.8, 4) is 6.07 Å². The molecule has 1 atom stereocenters. The molecule has 1 heterocycles. The number of fused-ring (bicyclic) bond motifs is 1. The normalized spacial score (nSPS) is 12.2. The molecule has 1 aromatic heterocycles. The number of para-hydroxylation sites is 1. The van der Waals surface area contributed by atoms with Crippen molar-refractivity contribution in [1.82, 2.24) is 4.57 Å². The number of rotatable bonds is 3. The lowest BCUT2D eigenvalue weighted by Crippen LogP contribution is -1.99. The highest BCUT2D eigenvalue weighted by Gasteiger charge is 2.18. The van der Waals surface area contributed by atoms with Crippen molar-refractivity contribution in [2.75, 3.05) is 0 Å². The molecule has 0 aliphatic carbocycles. The maximum Gasteiger partial charge on any atom is 0.0631 e. The molecule has 3 rings (SSSR count). The molecule has 2 nitrogen and oxygen atoms in total. The van der Waals surface area contributed by atoms with Crippen LogP contribution in [0.5, 0.6) is 0 Å². The van der Waals surface area contributed by atoms with E-state index in [0.717, 1.165) is 0 Å². The second kappa shape index (κ2) is 5.22. The van der Waals surface area contributed by atoms with Crippen LogP contribution in [0.3, 0.4) is 0 Å². The Hall–Kier alpha value is -2.53. The van der Waals surface area contributed by atoms with E-state index in [0.29, 0.717) is 6.42 Å². The van der Waals surface area contributed by atoms with Crippen molar-refractivity contribution in [2.45, 2.75) is 12.3 Å². The number of benzene rings is 2. The summed E-state index contributed by atoms with van der Waals surface area (Å²) in [5.41, 5.74) is 3.64. The van der Waals surface area contributed by atoms with Gasteiger partial charge in [0.05, 0.1) is 6.07 Å². The third-order valence-corrected chi connectivity index (χ3v) is 3.80. The molecule has 2 heteroatoms. The van der Waals surface area contributed by atoms with Crippen LogP contribution in [-0.2, 0) is 7.05 Å². The van der Waals surface area contributed by atoms with Gasteiger partial charge in [-0.05, 0) is 17.2 Å². The average Bonchev–Trinajstić information content (AvgIpc) is 2.83. The van der Waals surface area contributed by atoms with Crippen molar-refractivity contribution in [2.24, 2.45) is 7.05 Å². The van der Waals surface area contributed by atoms with Crippen LogP contribution in [0.1, 0.15) is 23.5 Å². The highest BCUT2D eigenvalue weighted by molar-refractivity contribution is 5.85. The Kier molecular flexibility index (Phi) is 3.26. The van der Waals surface area contributed by atoms with Crippen LogP contribution < -0.4 is 0 Å². The largest absolute Gasteiger partial charge is 0.350 e. The fourth-order valence-corrected chi connectivity index (χ4v) is 2.83. The Labute approximate surface area is 118 Å². The van der Waals surface area contributed by atoms with Crippen molar-refractivity contribution in [1.29, 1.82) is 5.26 Å². The van der Waals surface area contributed by atoms with Gasteiger partial charge in [0.25, 0.3) is 0 Å². The second-order valence-corrected chi connectivity index (χ2v) is 5.04. The molecule has 0 saturated heterocycles. The number of nitrogens with zero attached hydrogens (tertiary/aromatic N) is 2. The Morgan fingerprint density at radius 3 is 2.50 bits per heavy atom. The van der Waals surface area contributed by atoms with Gasteiger partial charge in [0.2, 0.25) is 0 Å². The molecule has 20 heavy (non-hydrogen) atoms. The van der Waals surface area contributed by atoms with Gasteiger partial charge in [0.1, 0.15) is 0 Å². The first-order valence-electron chi connectivity index (χ1n) is 6.77. The Morgan fingerprint density at radius 2 is 1.75 bits per heavy atom. The zero-order chi connectivity index (χ0) is 13.9. The summed E-state index contributed by atoms with van der Waals surface area (Å²) in [5, 5.41) is 10.4. The number of hydrogen-bond acceptors (Lipinski definition) is 1. The van der Waals surface area contributed by atoms with Gasteiger partial charge in [-0.3, -0.25) is 0 Å². The summed E-state index contributed by atoms with van der Waals surface area (Å²) >= 11 is 0. The molecule has 0 bridgehead atoms. The van der Waals surface area contributed by atoms with Gasteiger partial charge in [-0.15, -0.1) is 0 Å². The molecule has 0 unspecified atom stereocenters. The first-order chi connectivity index (χ1) is 9.81. The van der Waals surface area contributed by atoms with Gasteiger partial charge in [-0.2, -0.15) is 5.26 Å². The van der Waals surface area contributed by atoms with Crippen LogP contribution in [0.2, 0.25) is 0 Å². The van der Waals surface area contributed by atoms with Gasteiger partial charge in [-0.1, -0.05) is 48.5 Å². The maximum absolute atomic E-state index is 9.18. The molecular formula is C18H16N2. The monoisotopic (exact) mass is 260 g/mol. The van der Waals surface area contributed by atoms with Crippen LogP contribution in [0.15, 0.2) is 60.8 Å². The first kappa shape index (κ1) is 12.5. The fraction of sp³-hybridized carbons (Fsp3) is 0.167. The standard InChI is InChI=1S/C18H16N2/c1-20-13-17(16-9-5-6-10-18(16)20)15(11-12-19)14-7-3-2-4-8-14/h2-10,13,15H,11H2,1H3/t15-/m1/s1. The van der Waals surface area contributed by atoms with E-state index < -0.39 is 0 Å². The van der Waals surface area contributed by atoms with E-state index in [-0.39, 0.29) is 5.92 Å². The van der Waals surface area contributed by atoms with E-state index in [1.54, 1.807) is 0 Å². The van der Waals surface area contributed by atoms with Gasteiger partial charge >= 0.3 is 0 Å². The van der Waals surface area contributed by atoms with Crippen LogP contribution in [0, 0.1) is 11.3 Å². The maximum atomic E-state index is 9.18. The van der Waals surface area contributed by atoms with Crippen LogP contribution in [0.25, 0.3) is 10.9 Å². The predicted octanol–water partition coefficient (Wildman–Crippen LogP) is 4.22. The Morgan fingerprint density at radius 1 is 1.05 bits per heavy atom. The summed E-state index contributed by atoms with van der Waals surface area (Å²) in [4.78, 5) is 0. The molecule has 0 fully saturated rings. The van der Waals surface area contributed by atoms with Crippen molar-refractivity contribution >= 4 is 10.9 Å². The van der Waals surface area contributed by atoms with E-state index in [1.165, 1.54) is 22.0 Å². The molecule has 98 valence electrons. The van der Waals surface area contributed by atoms with Crippen molar-refractivity contribution in [3.63, 3.8) is 0 Å². The number of aromatic nitrogens is 1. The van der Waals surface area contributed by atoms with E-state index >= 15 is 0 Å². The van der Waals surface area contributed by atoms with E-state index in [2.05, 4.69) is 54.2 Å². The molecule has 0 amide bonds. The molecule has 0 spiro atoms. The average molecular weight is 260 g/mol. The molecule has 0 N–H and O–H groups in total. The summed E-state index contributed by atoms with van der Waals surface area (Å²) in [5.74, 6) is 0.132. The Balaban J connectivity index is 2.18. The summed E-state index contributed by atoms with van der Waals surface area (Å²) < 4.78 is 2.14. The third kappa shape index (κ3) is 2.08. The second-order valence-electron chi connectivity index (χ2n) is 5.04. The summed E-state index contributed by atoms with van der Waals surface area (Å²) in [6, 6.07) is 21.0. The highest BCUT2D eigenvalue weighted by atomic mass is 14.9. The number of aryl methyl sites for hydroxylation is 1. The van der Waals surface area contributed by atoms with Crippen LogP contribution in [0.4, 0.5) is 0 Å². The summed E-state index contributed by atoms with van der Waals surface area (Å²) in [6.07, 6.45) is 2.65. The molecule has 0 aliphatic heterocycles. The Bertz CT molecular complexity index is 763. The number of nitriles is 1. The molecular weight excluding hydrogens is 244 g/mol. The molecule has 0 saturated carbocycles. The minimum atomic E-state index is 0.132. The van der Waals surface area contributed by atoms with Crippen molar-refractivity contribution < 1.29 is 0 Å². The summed E-state index contributed by atoms with van der Waals surface area (Å²) in [7, 11) is 2.06. The lowest BCUT2D eigenvalue weighted by Gasteiger charge is -2.13. The molecule has 0 radical (unpaired) electrons. The van der Waals surface area contributed by atoms with Crippen LogP contribution >= 0.6 is 0 Å². The lowest BCUT2D eigenvalue weighted by atomic mass is 9.89. The SMILES string of the molecule is Cn1cc([C@H](CC#N)c2ccccc2)c2ccccc21. The lowest BCUT2D eigenvalue weighted by molar-refractivity contribution is 0.833. The fourth-order valence-electron chi connectivity index (χ4n) is 2.83. The third-order valence-electron chi connectivity index (χ3n) is 3.80. The molecule has 3 aromatic rings. The van der Waals surface area contributed by atoms with E-state index in [1.807, 2.05) is 24.3 Å². The van der Waals surface area contributed by atoms with E-state index in [4.69, 9.17) is 0 Å². The zero-order valence-electron chi connectivity index (χ0n) is 11.5. The predicted molar refractivity (Wildman–Crippen MR) is 81.4 cm³/mol. The van der Waals surface area contributed by atoms with Gasteiger partial charge in [0.15, 0.2) is 0 Å². The van der Waals surface area contributed by atoms with Gasteiger partial charge in [0, 0.05) is 36.5 Å². The van der Waals surface area contributed by atoms with Gasteiger partial charge in [-0.25, -0.2) is 0 Å². The minimum Gasteiger partial charge on any atom is -0.350 e. The minimum absolute atomic E-state index is 0.132.